The number of ether oxygens (including phenoxy) is 1. The summed E-state index contributed by atoms with van der Waals surface area (Å²) in [5, 5.41) is 0. The van der Waals surface area contributed by atoms with Crippen molar-refractivity contribution in [3.8, 4) is 5.75 Å². The van der Waals surface area contributed by atoms with Gasteiger partial charge >= 0.3 is 0 Å². The highest BCUT2D eigenvalue weighted by Gasteiger charge is 2.34. The van der Waals surface area contributed by atoms with Crippen molar-refractivity contribution in [1.29, 1.82) is 0 Å². The fourth-order valence-corrected chi connectivity index (χ4v) is 3.66. The lowest BCUT2D eigenvalue weighted by Crippen LogP contribution is -2.45. The summed E-state index contributed by atoms with van der Waals surface area (Å²) in [5.74, 6) is -3.33. The maximum absolute atomic E-state index is 13.7. The maximum atomic E-state index is 13.7. The highest BCUT2D eigenvalue weighted by Crippen LogP contribution is 2.34. The smallest absolute Gasteiger partial charge is 0.203 e. The quantitative estimate of drug-likeness (QED) is 0.855. The SMILES string of the molecule is NCCS[C@@H]1N=CCN1C1COc2c(cc(F)c(F)c2F)C1. The molecule has 2 heterocycles. The third kappa shape index (κ3) is 2.82. The number of fused-ring (bicyclic) bond motifs is 1. The maximum Gasteiger partial charge on any atom is 0.203 e. The van der Waals surface area contributed by atoms with E-state index in [1.807, 2.05) is 6.21 Å². The van der Waals surface area contributed by atoms with Gasteiger partial charge in [0.05, 0.1) is 6.04 Å². The van der Waals surface area contributed by atoms with Crippen molar-refractivity contribution in [2.45, 2.75) is 18.0 Å². The van der Waals surface area contributed by atoms with Crippen molar-refractivity contribution in [3.05, 3.63) is 29.1 Å². The minimum absolute atomic E-state index is 0.0606. The van der Waals surface area contributed by atoms with E-state index in [1.165, 1.54) is 0 Å². The van der Waals surface area contributed by atoms with E-state index < -0.39 is 17.5 Å². The molecule has 0 aliphatic carbocycles. The molecule has 1 aromatic rings. The van der Waals surface area contributed by atoms with Gasteiger partial charge in [0, 0.05) is 30.6 Å². The van der Waals surface area contributed by atoms with Crippen LogP contribution in [0.2, 0.25) is 0 Å². The summed E-state index contributed by atoms with van der Waals surface area (Å²) >= 11 is 1.62. The van der Waals surface area contributed by atoms with Crippen LogP contribution in [0.3, 0.4) is 0 Å². The van der Waals surface area contributed by atoms with E-state index in [-0.39, 0.29) is 23.9 Å². The largest absolute Gasteiger partial charge is 0.488 e. The van der Waals surface area contributed by atoms with E-state index in [2.05, 4.69) is 9.89 Å². The summed E-state index contributed by atoms with van der Waals surface area (Å²) in [5.41, 5.74) is 5.79. The van der Waals surface area contributed by atoms with Gasteiger partial charge in [0.1, 0.15) is 12.1 Å². The second kappa shape index (κ2) is 6.47. The number of hydrogen-bond acceptors (Lipinski definition) is 5. The average Bonchev–Trinajstić information content (AvgIpc) is 2.98. The molecule has 0 saturated carbocycles. The minimum atomic E-state index is -1.49. The molecular formula is C14H16F3N3OS. The molecule has 2 aliphatic rings. The molecule has 2 aliphatic heterocycles. The molecular weight excluding hydrogens is 315 g/mol. The van der Waals surface area contributed by atoms with Crippen LogP contribution in [0.5, 0.6) is 5.75 Å². The van der Waals surface area contributed by atoms with Gasteiger partial charge in [-0.15, -0.1) is 11.8 Å². The predicted molar refractivity (Wildman–Crippen MR) is 79.8 cm³/mol. The Morgan fingerprint density at radius 2 is 2.18 bits per heavy atom. The van der Waals surface area contributed by atoms with Gasteiger partial charge in [-0.1, -0.05) is 0 Å². The Hall–Kier alpha value is -1.25. The molecule has 1 unspecified atom stereocenters. The Morgan fingerprint density at radius 3 is 2.95 bits per heavy atom. The van der Waals surface area contributed by atoms with Crippen LogP contribution in [0.4, 0.5) is 13.2 Å². The van der Waals surface area contributed by atoms with Crippen LogP contribution in [-0.4, -0.2) is 48.1 Å². The molecule has 22 heavy (non-hydrogen) atoms. The van der Waals surface area contributed by atoms with E-state index in [4.69, 9.17) is 10.5 Å². The molecule has 0 amide bonds. The van der Waals surface area contributed by atoms with Crippen LogP contribution >= 0.6 is 11.8 Å². The van der Waals surface area contributed by atoms with Gasteiger partial charge in [-0.05, 0) is 12.5 Å². The second-order valence-corrected chi connectivity index (χ2v) is 6.32. The van der Waals surface area contributed by atoms with Crippen molar-refractivity contribution >= 4 is 18.0 Å². The number of nitrogens with zero attached hydrogens (tertiary/aromatic N) is 2. The van der Waals surface area contributed by atoms with E-state index in [0.29, 0.717) is 25.1 Å². The number of aliphatic imine (C=N–C) groups is 1. The van der Waals surface area contributed by atoms with Gasteiger partial charge < -0.3 is 10.5 Å². The molecule has 4 nitrogen and oxygen atoms in total. The zero-order chi connectivity index (χ0) is 15.7. The van der Waals surface area contributed by atoms with Crippen LogP contribution in [0.1, 0.15) is 5.56 Å². The Morgan fingerprint density at radius 1 is 1.36 bits per heavy atom. The summed E-state index contributed by atoms with van der Waals surface area (Å²) in [7, 11) is 0. The van der Waals surface area contributed by atoms with Crippen molar-refractivity contribution in [3.63, 3.8) is 0 Å². The van der Waals surface area contributed by atoms with Gasteiger partial charge in [-0.25, -0.2) is 8.78 Å². The average molecular weight is 331 g/mol. The highest BCUT2D eigenvalue weighted by molar-refractivity contribution is 7.99. The van der Waals surface area contributed by atoms with Gasteiger partial charge in [0.25, 0.3) is 0 Å². The lowest BCUT2D eigenvalue weighted by Gasteiger charge is -2.35. The molecule has 3 rings (SSSR count). The topological polar surface area (TPSA) is 50.8 Å². The van der Waals surface area contributed by atoms with Crippen molar-refractivity contribution < 1.29 is 17.9 Å². The molecule has 2 atom stereocenters. The molecule has 8 heteroatoms. The summed E-state index contributed by atoms with van der Waals surface area (Å²) in [6, 6.07) is 0.952. The fraction of sp³-hybridized carbons (Fsp3) is 0.500. The van der Waals surface area contributed by atoms with E-state index in [1.54, 1.807) is 11.8 Å². The van der Waals surface area contributed by atoms with Crippen molar-refractivity contribution in [1.82, 2.24) is 4.90 Å². The first-order chi connectivity index (χ1) is 10.6. The van der Waals surface area contributed by atoms with Crippen molar-refractivity contribution in [2.24, 2.45) is 10.7 Å². The van der Waals surface area contributed by atoms with E-state index in [0.717, 1.165) is 11.8 Å². The van der Waals surface area contributed by atoms with Crippen LogP contribution in [-0.2, 0) is 6.42 Å². The molecule has 0 aromatic heterocycles. The summed E-state index contributed by atoms with van der Waals surface area (Å²) in [4.78, 5) is 6.48. The number of thioether (sulfide) groups is 1. The minimum Gasteiger partial charge on any atom is -0.488 e. The standard InChI is InChI=1S/C14H16F3N3OS/c15-10-6-8-5-9(7-21-13(8)12(17)11(10)16)20-3-2-19-14(20)22-4-1-18/h2,6,9,14H,1,3-5,7,18H2/t9?,14-/m1/s1. The first-order valence-electron chi connectivity index (χ1n) is 7.00. The molecule has 0 radical (unpaired) electrons. The van der Waals surface area contributed by atoms with E-state index >= 15 is 0 Å². The van der Waals surface area contributed by atoms with Crippen LogP contribution in [0.15, 0.2) is 11.1 Å². The third-order valence-electron chi connectivity index (χ3n) is 3.73. The zero-order valence-corrected chi connectivity index (χ0v) is 12.6. The third-order valence-corrected chi connectivity index (χ3v) is 4.89. The van der Waals surface area contributed by atoms with Crippen LogP contribution in [0.25, 0.3) is 0 Å². The van der Waals surface area contributed by atoms with Gasteiger partial charge in [0.2, 0.25) is 5.82 Å². The fourth-order valence-electron chi connectivity index (χ4n) is 2.69. The Balaban J connectivity index is 1.77. The first kappa shape index (κ1) is 15.6. The number of hydrogen-bond donors (Lipinski definition) is 1. The molecule has 120 valence electrons. The lowest BCUT2D eigenvalue weighted by atomic mass is 10.0. The van der Waals surface area contributed by atoms with Gasteiger partial charge in [-0.2, -0.15) is 4.39 Å². The van der Waals surface area contributed by atoms with Gasteiger partial charge in [-0.3, -0.25) is 9.89 Å². The monoisotopic (exact) mass is 331 g/mol. The van der Waals surface area contributed by atoms with E-state index in [9.17, 15) is 13.2 Å². The second-order valence-electron chi connectivity index (χ2n) is 5.16. The number of halogens is 3. The normalized spacial score (nSPS) is 24.4. The zero-order valence-electron chi connectivity index (χ0n) is 11.8. The molecule has 1 aromatic carbocycles. The van der Waals surface area contributed by atoms with Gasteiger partial charge in [0.15, 0.2) is 17.4 Å². The highest BCUT2D eigenvalue weighted by atomic mass is 32.2. The summed E-state index contributed by atoms with van der Waals surface area (Å²) in [6.45, 7) is 1.43. The molecule has 0 bridgehead atoms. The number of nitrogens with two attached hydrogens (primary N) is 1. The molecule has 0 spiro atoms. The van der Waals surface area contributed by atoms with Crippen LogP contribution in [0, 0.1) is 17.5 Å². The number of rotatable bonds is 4. The Labute approximate surface area is 130 Å². The molecule has 0 saturated heterocycles. The first-order valence-corrected chi connectivity index (χ1v) is 8.05. The van der Waals surface area contributed by atoms with Crippen molar-refractivity contribution in [2.75, 3.05) is 25.4 Å². The molecule has 0 fully saturated rings. The Bertz CT molecular complexity index is 599. The summed E-state index contributed by atoms with van der Waals surface area (Å²) in [6.07, 6.45) is 2.21. The molecule has 2 N–H and O–H groups in total. The Kier molecular flexibility index (Phi) is 4.60. The number of benzene rings is 1. The lowest BCUT2D eigenvalue weighted by molar-refractivity contribution is 0.129. The van der Waals surface area contributed by atoms with Crippen LogP contribution < -0.4 is 10.5 Å². The predicted octanol–water partition coefficient (Wildman–Crippen LogP) is 1.77. The summed E-state index contributed by atoms with van der Waals surface area (Å²) < 4.78 is 45.7.